The summed E-state index contributed by atoms with van der Waals surface area (Å²) < 4.78 is 18.4. The molecule has 0 radical (unpaired) electrons. The van der Waals surface area contributed by atoms with E-state index in [1.807, 2.05) is 13.8 Å². The van der Waals surface area contributed by atoms with E-state index in [1.54, 1.807) is 19.2 Å². The molecule has 3 nitrogen and oxygen atoms in total. The largest absolute Gasteiger partial charge is 0.380 e. The quantitative estimate of drug-likeness (QED) is 0.803. The molecule has 0 amide bonds. The molecular weight excluding hydrogens is 243 g/mol. The maximum Gasteiger partial charge on any atom is 0.123 e. The average Bonchev–Trinajstić information content (AvgIpc) is 2.42. The number of methoxy groups -OCH3 is 1. The third kappa shape index (κ3) is 4.26. The van der Waals surface area contributed by atoms with Gasteiger partial charge in [0, 0.05) is 18.4 Å². The molecule has 0 aliphatic heterocycles. The molecule has 0 saturated carbocycles. The van der Waals surface area contributed by atoms with Crippen molar-refractivity contribution in [3.63, 3.8) is 0 Å². The van der Waals surface area contributed by atoms with Crippen LogP contribution in [0, 0.1) is 5.82 Å². The first-order valence-electron chi connectivity index (χ1n) is 6.30. The van der Waals surface area contributed by atoms with E-state index in [9.17, 15) is 4.39 Å². The minimum atomic E-state index is -0.304. The van der Waals surface area contributed by atoms with Gasteiger partial charge in [0.15, 0.2) is 0 Å². The Labute approximate surface area is 114 Å². The van der Waals surface area contributed by atoms with Gasteiger partial charge in [0.1, 0.15) is 5.82 Å². The Morgan fingerprint density at radius 2 is 2.21 bits per heavy atom. The van der Waals surface area contributed by atoms with Crippen LogP contribution in [0.4, 0.5) is 4.39 Å². The van der Waals surface area contributed by atoms with Crippen molar-refractivity contribution in [2.24, 2.45) is 10.7 Å². The van der Waals surface area contributed by atoms with E-state index in [4.69, 9.17) is 10.5 Å². The van der Waals surface area contributed by atoms with Crippen molar-refractivity contribution in [3.05, 3.63) is 42.2 Å². The van der Waals surface area contributed by atoms with Gasteiger partial charge in [0.05, 0.1) is 17.8 Å². The lowest BCUT2D eigenvalue weighted by Gasteiger charge is -2.20. The molecule has 0 heterocycles. The molecule has 1 aromatic carbocycles. The highest BCUT2D eigenvalue weighted by atomic mass is 19.1. The normalized spacial score (nSPS) is 15.1. The molecule has 104 valence electrons. The Kier molecular flexibility index (Phi) is 5.86. The molecule has 0 fully saturated rings. The van der Waals surface area contributed by atoms with Crippen LogP contribution in [-0.4, -0.2) is 25.0 Å². The Morgan fingerprint density at radius 1 is 1.53 bits per heavy atom. The molecule has 19 heavy (non-hydrogen) atoms. The number of halogens is 1. The summed E-state index contributed by atoms with van der Waals surface area (Å²) in [7, 11) is 1.61. The Hall–Kier alpha value is -1.52. The van der Waals surface area contributed by atoms with Gasteiger partial charge in [-0.1, -0.05) is 25.6 Å². The van der Waals surface area contributed by atoms with Crippen molar-refractivity contribution in [3.8, 4) is 0 Å². The van der Waals surface area contributed by atoms with Crippen LogP contribution in [0.25, 0.3) is 5.70 Å². The number of nitrogens with zero attached hydrogens (tertiary/aromatic N) is 1. The molecule has 2 N–H and O–H groups in total. The third-order valence-corrected chi connectivity index (χ3v) is 3.06. The predicted octanol–water partition coefficient (Wildman–Crippen LogP) is 3.01. The van der Waals surface area contributed by atoms with Gasteiger partial charge in [-0.25, -0.2) is 4.39 Å². The molecule has 0 bridgehead atoms. The van der Waals surface area contributed by atoms with Gasteiger partial charge in [-0.3, -0.25) is 4.99 Å². The van der Waals surface area contributed by atoms with Crippen LogP contribution >= 0.6 is 0 Å². The number of hydrogen-bond acceptors (Lipinski definition) is 3. The third-order valence-electron chi connectivity index (χ3n) is 3.06. The highest BCUT2D eigenvalue weighted by Crippen LogP contribution is 2.16. The van der Waals surface area contributed by atoms with Gasteiger partial charge < -0.3 is 10.5 Å². The van der Waals surface area contributed by atoms with Crippen LogP contribution in [0.1, 0.15) is 25.8 Å². The highest BCUT2D eigenvalue weighted by molar-refractivity contribution is 5.93. The summed E-state index contributed by atoms with van der Waals surface area (Å²) in [5.74, 6) is -0.304. The van der Waals surface area contributed by atoms with Gasteiger partial charge >= 0.3 is 0 Å². The first kappa shape index (κ1) is 15.5. The predicted molar refractivity (Wildman–Crippen MR) is 77.6 cm³/mol. The molecule has 0 aliphatic rings. The van der Waals surface area contributed by atoms with E-state index in [0.29, 0.717) is 17.7 Å². The zero-order valence-electron chi connectivity index (χ0n) is 11.7. The van der Waals surface area contributed by atoms with Gasteiger partial charge in [-0.05, 0) is 25.5 Å². The van der Waals surface area contributed by atoms with E-state index in [2.05, 4.69) is 11.6 Å². The lowest BCUT2D eigenvalue weighted by Crippen LogP contribution is -2.41. The summed E-state index contributed by atoms with van der Waals surface area (Å²) in [6, 6.07) is 5.91. The number of nitrogens with two attached hydrogens (primary N) is 1. The fraction of sp³-hybridized carbons (Fsp3) is 0.400. The minimum absolute atomic E-state index is 0.126. The van der Waals surface area contributed by atoms with Gasteiger partial charge in [0.2, 0.25) is 0 Å². The van der Waals surface area contributed by atoms with E-state index in [-0.39, 0.29) is 18.0 Å². The number of ether oxygens (including phenoxy) is 1. The molecule has 1 rings (SSSR count). The number of aliphatic imine (C=N–C) groups is 1. The van der Waals surface area contributed by atoms with E-state index in [0.717, 1.165) is 5.71 Å². The molecular formula is C15H21FN2O. The second kappa shape index (κ2) is 7.16. The first-order chi connectivity index (χ1) is 8.99. The maximum absolute atomic E-state index is 13.2. The Balaban J connectivity index is 2.95. The monoisotopic (exact) mass is 264 g/mol. The van der Waals surface area contributed by atoms with Crippen LogP contribution in [0.5, 0.6) is 0 Å². The summed E-state index contributed by atoms with van der Waals surface area (Å²) in [5, 5.41) is 0. The Bertz CT molecular complexity index is 471. The summed E-state index contributed by atoms with van der Waals surface area (Å²) in [6.45, 7) is 7.73. The van der Waals surface area contributed by atoms with Crippen molar-refractivity contribution < 1.29 is 9.13 Å². The lowest BCUT2D eigenvalue weighted by molar-refractivity contribution is 0.112. The lowest BCUT2D eigenvalue weighted by atomic mass is 10.0. The summed E-state index contributed by atoms with van der Waals surface area (Å²) >= 11 is 0. The summed E-state index contributed by atoms with van der Waals surface area (Å²) in [4.78, 5) is 4.43. The molecule has 0 saturated heterocycles. The molecule has 0 spiro atoms. The summed E-state index contributed by atoms with van der Waals surface area (Å²) in [5.41, 5.74) is 8.03. The van der Waals surface area contributed by atoms with Crippen molar-refractivity contribution >= 4 is 11.4 Å². The van der Waals surface area contributed by atoms with Crippen LogP contribution < -0.4 is 5.73 Å². The fourth-order valence-corrected chi connectivity index (χ4v) is 1.71. The molecule has 4 heteroatoms. The zero-order valence-corrected chi connectivity index (χ0v) is 11.7. The molecule has 0 unspecified atom stereocenters. The van der Waals surface area contributed by atoms with E-state index < -0.39 is 0 Å². The number of hydrogen-bond donors (Lipinski definition) is 1. The first-order valence-corrected chi connectivity index (χ1v) is 6.30. The SMILES string of the molecule is C=C(N=C(CC)[C@H](N)[C@@H](C)OC)c1cccc(F)c1. The zero-order chi connectivity index (χ0) is 14.4. The standard InChI is InChI=1S/C15H21FN2O/c1-5-14(15(17)11(3)19-4)18-10(2)12-7-6-8-13(16)9-12/h6-9,11,15H,2,5,17H2,1,3-4H3/t11-,15-/m1/s1. The van der Waals surface area contributed by atoms with Crippen molar-refractivity contribution in [2.45, 2.75) is 32.4 Å². The van der Waals surface area contributed by atoms with Crippen LogP contribution in [0.15, 0.2) is 35.8 Å². The number of rotatable bonds is 6. The second-order valence-electron chi connectivity index (χ2n) is 4.38. The average molecular weight is 264 g/mol. The van der Waals surface area contributed by atoms with E-state index in [1.165, 1.54) is 12.1 Å². The van der Waals surface area contributed by atoms with Gasteiger partial charge in [-0.2, -0.15) is 0 Å². The van der Waals surface area contributed by atoms with Crippen molar-refractivity contribution in [1.29, 1.82) is 0 Å². The van der Waals surface area contributed by atoms with E-state index >= 15 is 0 Å². The minimum Gasteiger partial charge on any atom is -0.380 e. The second-order valence-corrected chi connectivity index (χ2v) is 4.38. The Morgan fingerprint density at radius 3 is 2.74 bits per heavy atom. The highest BCUT2D eigenvalue weighted by Gasteiger charge is 2.17. The topological polar surface area (TPSA) is 47.6 Å². The van der Waals surface area contributed by atoms with Crippen LogP contribution in [0.3, 0.4) is 0 Å². The maximum atomic E-state index is 13.2. The molecule has 0 aromatic heterocycles. The smallest absolute Gasteiger partial charge is 0.123 e. The fourth-order valence-electron chi connectivity index (χ4n) is 1.71. The molecule has 1 aromatic rings. The van der Waals surface area contributed by atoms with Gasteiger partial charge in [-0.15, -0.1) is 0 Å². The van der Waals surface area contributed by atoms with Crippen molar-refractivity contribution in [1.82, 2.24) is 0 Å². The van der Waals surface area contributed by atoms with Crippen molar-refractivity contribution in [2.75, 3.05) is 7.11 Å². The van der Waals surface area contributed by atoms with Crippen LogP contribution in [0.2, 0.25) is 0 Å². The van der Waals surface area contributed by atoms with Crippen LogP contribution in [-0.2, 0) is 4.74 Å². The number of benzene rings is 1. The summed E-state index contributed by atoms with van der Waals surface area (Å²) in [6.07, 6.45) is 0.572. The molecule has 0 aliphatic carbocycles. The van der Waals surface area contributed by atoms with Gasteiger partial charge in [0.25, 0.3) is 0 Å². The molecule has 2 atom stereocenters.